The Morgan fingerprint density at radius 3 is 2.31 bits per heavy atom. The molecule has 0 amide bonds. The number of nitrogens with one attached hydrogen (secondary N) is 2. The molecular formula is C18H21N5O4S2. The molecule has 0 unspecified atom stereocenters. The Morgan fingerprint density at radius 1 is 1.07 bits per heavy atom. The van der Waals surface area contributed by atoms with Gasteiger partial charge in [-0.2, -0.15) is 0 Å². The van der Waals surface area contributed by atoms with Gasteiger partial charge in [0.15, 0.2) is 10.9 Å². The van der Waals surface area contributed by atoms with Crippen LogP contribution in [0.3, 0.4) is 0 Å². The number of nitrogens with zero attached hydrogens (tertiary/aromatic N) is 3. The van der Waals surface area contributed by atoms with Crippen molar-refractivity contribution in [3.8, 4) is 0 Å². The van der Waals surface area contributed by atoms with Crippen molar-refractivity contribution in [3.63, 3.8) is 0 Å². The highest BCUT2D eigenvalue weighted by atomic mass is 32.2. The van der Waals surface area contributed by atoms with Gasteiger partial charge in [0.1, 0.15) is 0 Å². The average Bonchev–Trinajstić information content (AvgIpc) is 3.17. The van der Waals surface area contributed by atoms with E-state index in [9.17, 15) is 8.42 Å². The molecule has 0 bridgehead atoms. The minimum Gasteiger partial charge on any atom is -0.349 e. The Kier molecular flexibility index (Phi) is 5.63. The lowest BCUT2D eigenvalue weighted by molar-refractivity contribution is -0.180. The van der Waals surface area contributed by atoms with Gasteiger partial charge in [-0.25, -0.2) is 23.1 Å². The van der Waals surface area contributed by atoms with Crippen molar-refractivity contribution in [2.45, 2.75) is 23.5 Å². The highest BCUT2D eigenvalue weighted by molar-refractivity contribution is 7.92. The lowest BCUT2D eigenvalue weighted by atomic mass is 10.0. The summed E-state index contributed by atoms with van der Waals surface area (Å²) in [5, 5.41) is 3.74. The van der Waals surface area contributed by atoms with Crippen molar-refractivity contribution in [2.75, 3.05) is 36.3 Å². The number of thiocarbonyl (C=S) groups is 1. The fourth-order valence-corrected chi connectivity index (χ4v) is 4.55. The number of aromatic nitrogens is 2. The molecule has 1 spiro atoms. The number of hydrogen-bond acceptors (Lipinski definition) is 7. The van der Waals surface area contributed by atoms with Crippen LogP contribution in [0.15, 0.2) is 47.6 Å². The van der Waals surface area contributed by atoms with Crippen molar-refractivity contribution in [1.29, 1.82) is 0 Å². The van der Waals surface area contributed by atoms with E-state index in [1.165, 1.54) is 24.5 Å². The second-order valence-electron chi connectivity index (χ2n) is 6.73. The fraction of sp³-hybridized carbons (Fsp3) is 0.389. The molecule has 3 heterocycles. The van der Waals surface area contributed by atoms with Crippen LogP contribution in [-0.4, -0.2) is 60.5 Å². The van der Waals surface area contributed by atoms with E-state index in [0.717, 1.165) is 25.9 Å². The third-order valence-electron chi connectivity index (χ3n) is 4.83. The number of sulfonamides is 1. The van der Waals surface area contributed by atoms with Gasteiger partial charge >= 0.3 is 0 Å². The summed E-state index contributed by atoms with van der Waals surface area (Å²) in [5.41, 5.74) is 0.707. The van der Waals surface area contributed by atoms with Crippen LogP contribution in [0.1, 0.15) is 12.8 Å². The van der Waals surface area contributed by atoms with Crippen LogP contribution in [0.25, 0.3) is 0 Å². The maximum absolute atomic E-state index is 12.4. The molecule has 154 valence electrons. The molecule has 29 heavy (non-hydrogen) atoms. The maximum Gasteiger partial charge on any atom is 0.264 e. The van der Waals surface area contributed by atoms with Gasteiger partial charge in [0, 0.05) is 44.0 Å². The van der Waals surface area contributed by atoms with E-state index in [1.807, 2.05) is 0 Å². The predicted molar refractivity (Wildman–Crippen MR) is 111 cm³/mol. The van der Waals surface area contributed by atoms with Crippen LogP contribution in [0.2, 0.25) is 0 Å². The average molecular weight is 436 g/mol. The first-order valence-corrected chi connectivity index (χ1v) is 11.1. The zero-order chi connectivity index (χ0) is 20.3. The van der Waals surface area contributed by atoms with E-state index in [-0.39, 0.29) is 10.8 Å². The van der Waals surface area contributed by atoms with E-state index in [4.69, 9.17) is 21.7 Å². The molecule has 2 fully saturated rings. The van der Waals surface area contributed by atoms with Crippen LogP contribution in [0.5, 0.6) is 0 Å². The molecule has 1 aromatic heterocycles. The minimum atomic E-state index is -3.77. The second-order valence-corrected chi connectivity index (χ2v) is 8.80. The highest BCUT2D eigenvalue weighted by Crippen LogP contribution is 2.31. The Morgan fingerprint density at radius 2 is 1.69 bits per heavy atom. The summed E-state index contributed by atoms with van der Waals surface area (Å²) in [7, 11) is -3.77. The first-order chi connectivity index (χ1) is 14.0. The van der Waals surface area contributed by atoms with Crippen molar-refractivity contribution >= 4 is 39.0 Å². The Bertz CT molecular complexity index is 954. The molecule has 2 aromatic rings. The van der Waals surface area contributed by atoms with Gasteiger partial charge in [-0.1, -0.05) is 0 Å². The van der Waals surface area contributed by atoms with Crippen molar-refractivity contribution in [1.82, 2.24) is 14.9 Å². The van der Waals surface area contributed by atoms with Crippen LogP contribution < -0.4 is 10.0 Å². The Balaban J connectivity index is 1.35. The number of piperidine rings is 1. The third-order valence-corrected chi connectivity index (χ3v) is 6.54. The van der Waals surface area contributed by atoms with Crippen LogP contribution in [0.4, 0.5) is 11.6 Å². The maximum atomic E-state index is 12.4. The van der Waals surface area contributed by atoms with E-state index in [0.29, 0.717) is 24.0 Å². The van der Waals surface area contributed by atoms with E-state index < -0.39 is 15.8 Å². The number of rotatable bonds is 4. The van der Waals surface area contributed by atoms with Gasteiger partial charge in [-0.05, 0) is 42.5 Å². The van der Waals surface area contributed by atoms with Crippen molar-refractivity contribution in [3.05, 3.63) is 42.7 Å². The van der Waals surface area contributed by atoms with Crippen molar-refractivity contribution in [2.24, 2.45) is 0 Å². The second kappa shape index (κ2) is 8.19. The van der Waals surface area contributed by atoms with Crippen LogP contribution in [-0.2, 0) is 19.5 Å². The van der Waals surface area contributed by atoms with Gasteiger partial charge < -0.3 is 19.7 Å². The SMILES string of the molecule is O=S(=O)(Nc1ncccn1)c1ccc(NC(=S)N2CCC3(CC2)OCCO3)cc1. The minimum absolute atomic E-state index is 0.0222. The molecular weight excluding hydrogens is 414 g/mol. The lowest BCUT2D eigenvalue weighted by Crippen LogP contribution is -2.48. The molecule has 2 saturated heterocycles. The number of hydrogen-bond donors (Lipinski definition) is 2. The molecule has 1 aromatic carbocycles. The van der Waals surface area contributed by atoms with Gasteiger partial charge in [0.05, 0.1) is 18.1 Å². The molecule has 2 N–H and O–H groups in total. The fourth-order valence-electron chi connectivity index (χ4n) is 3.29. The number of likely N-dealkylation sites (tertiary alicyclic amines) is 1. The molecule has 9 nitrogen and oxygen atoms in total. The van der Waals surface area contributed by atoms with E-state index >= 15 is 0 Å². The zero-order valence-corrected chi connectivity index (χ0v) is 17.2. The number of anilines is 2. The summed E-state index contributed by atoms with van der Waals surface area (Å²) >= 11 is 5.50. The Hall–Kier alpha value is -2.34. The predicted octanol–water partition coefficient (Wildman–Crippen LogP) is 1.81. The normalized spacial score (nSPS) is 18.6. The molecule has 11 heteroatoms. The standard InChI is InChI=1S/C18H21N5O4S2/c24-29(25,22-16-19-8-1-9-20-16)15-4-2-14(3-5-15)21-17(28)23-10-6-18(7-11-23)26-12-13-27-18/h1-5,8-9H,6-7,10-13H2,(H,21,28)(H,19,20,22). The lowest BCUT2D eigenvalue weighted by Gasteiger charge is -2.38. The highest BCUT2D eigenvalue weighted by Gasteiger charge is 2.40. The molecule has 2 aliphatic heterocycles. The summed E-state index contributed by atoms with van der Waals surface area (Å²) in [5.74, 6) is -0.425. The quantitative estimate of drug-likeness (QED) is 0.696. The van der Waals surface area contributed by atoms with Gasteiger partial charge in [0.25, 0.3) is 10.0 Å². The summed E-state index contributed by atoms with van der Waals surface area (Å²) in [6.07, 6.45) is 4.46. The third kappa shape index (κ3) is 4.64. The summed E-state index contributed by atoms with van der Waals surface area (Å²) in [6.45, 7) is 2.75. The van der Waals surface area contributed by atoms with Crippen LogP contribution in [0, 0.1) is 0 Å². The number of benzene rings is 1. The molecule has 2 aliphatic rings. The first-order valence-electron chi connectivity index (χ1n) is 9.20. The van der Waals surface area contributed by atoms with Gasteiger partial charge in [-0.3, -0.25) is 0 Å². The summed E-state index contributed by atoms with van der Waals surface area (Å²) in [6, 6.07) is 7.95. The molecule has 4 rings (SSSR count). The molecule has 0 atom stereocenters. The summed E-state index contributed by atoms with van der Waals surface area (Å²) < 4.78 is 38.7. The van der Waals surface area contributed by atoms with Gasteiger partial charge in [0.2, 0.25) is 5.95 Å². The number of ether oxygens (including phenoxy) is 2. The molecule has 0 aliphatic carbocycles. The largest absolute Gasteiger partial charge is 0.349 e. The zero-order valence-electron chi connectivity index (χ0n) is 15.6. The Labute approximate surface area is 174 Å². The van der Waals surface area contributed by atoms with Crippen molar-refractivity contribution < 1.29 is 17.9 Å². The first kappa shape index (κ1) is 20.0. The van der Waals surface area contributed by atoms with E-state index in [1.54, 1.807) is 18.2 Å². The molecule has 0 radical (unpaired) electrons. The molecule has 0 saturated carbocycles. The van der Waals surface area contributed by atoms with Gasteiger partial charge in [-0.15, -0.1) is 0 Å². The topological polar surface area (TPSA) is 106 Å². The van der Waals surface area contributed by atoms with E-state index in [2.05, 4.69) is 24.9 Å². The van der Waals surface area contributed by atoms with Crippen LogP contribution >= 0.6 is 12.2 Å². The summed E-state index contributed by atoms with van der Waals surface area (Å²) in [4.78, 5) is 9.91. The smallest absolute Gasteiger partial charge is 0.264 e. The monoisotopic (exact) mass is 435 g/mol.